The molecule has 100 valence electrons. The third-order valence-corrected chi connectivity index (χ3v) is 3.12. The summed E-state index contributed by atoms with van der Waals surface area (Å²) in [7, 11) is 0. The molecule has 0 radical (unpaired) electrons. The number of hydrogen-bond acceptors (Lipinski definition) is 2. The Balaban J connectivity index is 2.42. The molecule has 5 heteroatoms. The van der Waals surface area contributed by atoms with E-state index in [9.17, 15) is 14.0 Å². The molecule has 1 N–H and O–H groups in total. The first kappa shape index (κ1) is 12.3. The predicted molar refractivity (Wildman–Crippen MR) is 74.9 cm³/mol. The number of benzene rings is 2. The van der Waals surface area contributed by atoms with E-state index >= 15 is 0 Å². The topological polar surface area (TPSA) is 54.9 Å². The first-order valence-electron chi connectivity index (χ1n) is 6.08. The summed E-state index contributed by atoms with van der Waals surface area (Å²) in [4.78, 5) is 27.0. The zero-order valence-electron chi connectivity index (χ0n) is 10.7. The third kappa shape index (κ3) is 1.93. The molecule has 0 spiro atoms. The summed E-state index contributed by atoms with van der Waals surface area (Å²) in [6, 6.07) is 10.7. The summed E-state index contributed by atoms with van der Waals surface area (Å²) in [6.07, 6.45) is 0. The van der Waals surface area contributed by atoms with E-state index in [1.807, 2.05) is 13.0 Å². The molecule has 0 fully saturated rings. The van der Waals surface area contributed by atoms with Crippen LogP contribution in [0.4, 0.5) is 4.39 Å². The van der Waals surface area contributed by atoms with Crippen molar-refractivity contribution in [2.75, 3.05) is 0 Å². The second kappa shape index (κ2) is 4.45. The minimum Gasteiger partial charge on any atom is -0.306 e. The second-order valence-electron chi connectivity index (χ2n) is 4.60. The van der Waals surface area contributed by atoms with Crippen molar-refractivity contribution in [3.63, 3.8) is 0 Å². The molecule has 1 heterocycles. The summed E-state index contributed by atoms with van der Waals surface area (Å²) in [5.41, 5.74) is 0.634. The molecule has 3 rings (SSSR count). The molecule has 0 atom stereocenters. The Hall–Kier alpha value is -2.69. The number of aryl methyl sites for hydroxylation is 1. The van der Waals surface area contributed by atoms with Crippen LogP contribution in [-0.4, -0.2) is 9.55 Å². The molecule has 0 aliphatic rings. The van der Waals surface area contributed by atoms with Crippen LogP contribution < -0.4 is 11.2 Å². The number of nitrogens with one attached hydrogen (secondary N) is 1. The maximum atomic E-state index is 13.3. The maximum absolute atomic E-state index is 13.3. The highest BCUT2D eigenvalue weighted by Crippen LogP contribution is 2.10. The SMILES string of the molecule is Cc1cccc(-n2c(=O)[nH]c3ccc(F)cc3c2=O)c1. The Bertz CT molecular complexity index is 925. The Kier molecular flexibility index (Phi) is 2.75. The van der Waals surface area contributed by atoms with Gasteiger partial charge in [0.05, 0.1) is 16.6 Å². The van der Waals surface area contributed by atoms with Crippen LogP contribution in [0.5, 0.6) is 0 Å². The van der Waals surface area contributed by atoms with Crippen LogP contribution in [0.25, 0.3) is 16.6 Å². The van der Waals surface area contributed by atoms with Crippen LogP contribution in [0.2, 0.25) is 0 Å². The second-order valence-corrected chi connectivity index (χ2v) is 4.60. The van der Waals surface area contributed by atoms with Crippen LogP contribution in [0.15, 0.2) is 52.1 Å². The van der Waals surface area contributed by atoms with E-state index in [0.717, 1.165) is 16.2 Å². The first-order valence-corrected chi connectivity index (χ1v) is 6.08. The van der Waals surface area contributed by atoms with Crippen molar-refractivity contribution in [2.24, 2.45) is 0 Å². The molecule has 0 saturated heterocycles. The van der Waals surface area contributed by atoms with Crippen molar-refractivity contribution in [3.05, 3.63) is 74.7 Å². The van der Waals surface area contributed by atoms with Gasteiger partial charge >= 0.3 is 5.69 Å². The molecular formula is C15H11FN2O2. The highest BCUT2D eigenvalue weighted by Gasteiger charge is 2.10. The van der Waals surface area contributed by atoms with E-state index < -0.39 is 17.1 Å². The lowest BCUT2D eigenvalue weighted by Crippen LogP contribution is -2.33. The van der Waals surface area contributed by atoms with Gasteiger partial charge in [0, 0.05) is 0 Å². The van der Waals surface area contributed by atoms with Gasteiger partial charge in [0.1, 0.15) is 5.82 Å². The van der Waals surface area contributed by atoms with Gasteiger partial charge in [0.25, 0.3) is 5.56 Å². The van der Waals surface area contributed by atoms with Crippen molar-refractivity contribution in [1.29, 1.82) is 0 Å². The summed E-state index contributed by atoms with van der Waals surface area (Å²) < 4.78 is 14.3. The van der Waals surface area contributed by atoms with Crippen molar-refractivity contribution >= 4 is 10.9 Å². The number of aromatic nitrogens is 2. The van der Waals surface area contributed by atoms with Crippen LogP contribution >= 0.6 is 0 Å². The van der Waals surface area contributed by atoms with E-state index in [4.69, 9.17) is 0 Å². The van der Waals surface area contributed by atoms with Crippen LogP contribution in [0.1, 0.15) is 5.56 Å². The molecule has 2 aromatic carbocycles. The molecule has 4 nitrogen and oxygen atoms in total. The molecule has 0 saturated carbocycles. The Morgan fingerprint density at radius 3 is 2.65 bits per heavy atom. The number of nitrogens with zero attached hydrogens (tertiary/aromatic N) is 1. The average molecular weight is 270 g/mol. The molecule has 0 bridgehead atoms. The van der Waals surface area contributed by atoms with Crippen LogP contribution in [0, 0.1) is 12.7 Å². The van der Waals surface area contributed by atoms with E-state index in [0.29, 0.717) is 11.2 Å². The quantitative estimate of drug-likeness (QED) is 0.736. The van der Waals surface area contributed by atoms with E-state index in [1.54, 1.807) is 18.2 Å². The van der Waals surface area contributed by atoms with Crippen molar-refractivity contribution in [2.45, 2.75) is 6.92 Å². The van der Waals surface area contributed by atoms with Gasteiger partial charge in [0.15, 0.2) is 0 Å². The fourth-order valence-electron chi connectivity index (χ4n) is 2.19. The Labute approximate surface area is 113 Å². The minimum absolute atomic E-state index is 0.145. The zero-order valence-corrected chi connectivity index (χ0v) is 10.7. The fourth-order valence-corrected chi connectivity index (χ4v) is 2.19. The van der Waals surface area contributed by atoms with Crippen molar-refractivity contribution in [3.8, 4) is 5.69 Å². The van der Waals surface area contributed by atoms with Gasteiger partial charge in [-0.2, -0.15) is 0 Å². The van der Waals surface area contributed by atoms with Crippen molar-refractivity contribution in [1.82, 2.24) is 9.55 Å². The highest BCUT2D eigenvalue weighted by atomic mass is 19.1. The number of rotatable bonds is 1. The highest BCUT2D eigenvalue weighted by molar-refractivity contribution is 5.77. The number of halogens is 1. The molecule has 0 aliphatic heterocycles. The van der Waals surface area contributed by atoms with Gasteiger partial charge in [-0.15, -0.1) is 0 Å². The molecule has 20 heavy (non-hydrogen) atoms. The van der Waals surface area contributed by atoms with Gasteiger partial charge in [-0.1, -0.05) is 12.1 Å². The number of H-pyrrole nitrogens is 1. The fraction of sp³-hybridized carbons (Fsp3) is 0.0667. The lowest BCUT2D eigenvalue weighted by atomic mass is 10.2. The van der Waals surface area contributed by atoms with Gasteiger partial charge in [0.2, 0.25) is 0 Å². The smallest absolute Gasteiger partial charge is 0.306 e. The lowest BCUT2D eigenvalue weighted by molar-refractivity contribution is 0.629. The summed E-state index contributed by atoms with van der Waals surface area (Å²) in [5.74, 6) is -0.516. The average Bonchev–Trinajstić information content (AvgIpc) is 2.40. The van der Waals surface area contributed by atoms with E-state index in [1.165, 1.54) is 12.1 Å². The minimum atomic E-state index is -0.542. The monoisotopic (exact) mass is 270 g/mol. The summed E-state index contributed by atoms with van der Waals surface area (Å²) in [6.45, 7) is 1.86. The number of hydrogen-bond donors (Lipinski definition) is 1. The number of fused-ring (bicyclic) bond motifs is 1. The third-order valence-electron chi connectivity index (χ3n) is 3.12. The van der Waals surface area contributed by atoms with Gasteiger partial charge < -0.3 is 4.98 Å². The standard InChI is InChI=1S/C15H11FN2O2/c1-9-3-2-4-11(7-9)18-14(19)12-8-10(16)5-6-13(12)17-15(18)20/h2-8H,1H3,(H,17,20). The first-order chi connectivity index (χ1) is 9.56. The summed E-state index contributed by atoms with van der Waals surface area (Å²) >= 11 is 0. The normalized spacial score (nSPS) is 10.9. The lowest BCUT2D eigenvalue weighted by Gasteiger charge is -2.07. The molecule has 0 unspecified atom stereocenters. The molecule has 3 aromatic rings. The Morgan fingerprint density at radius 1 is 1.10 bits per heavy atom. The van der Waals surface area contributed by atoms with Gasteiger partial charge in [-0.05, 0) is 42.8 Å². The zero-order chi connectivity index (χ0) is 14.3. The molecule has 0 amide bonds. The molecule has 1 aromatic heterocycles. The molecular weight excluding hydrogens is 259 g/mol. The largest absolute Gasteiger partial charge is 0.333 e. The Morgan fingerprint density at radius 2 is 1.90 bits per heavy atom. The van der Waals surface area contributed by atoms with Crippen molar-refractivity contribution < 1.29 is 4.39 Å². The van der Waals surface area contributed by atoms with E-state index in [-0.39, 0.29) is 5.39 Å². The molecule has 0 aliphatic carbocycles. The maximum Gasteiger partial charge on any atom is 0.333 e. The van der Waals surface area contributed by atoms with Crippen LogP contribution in [0.3, 0.4) is 0 Å². The van der Waals surface area contributed by atoms with E-state index in [2.05, 4.69) is 4.98 Å². The predicted octanol–water partition coefficient (Wildman–Crippen LogP) is 2.13. The van der Waals surface area contributed by atoms with Gasteiger partial charge in [-0.3, -0.25) is 4.79 Å². The summed E-state index contributed by atoms with van der Waals surface area (Å²) in [5, 5.41) is 0.145. The van der Waals surface area contributed by atoms with Gasteiger partial charge in [-0.25, -0.2) is 13.8 Å². The number of aromatic amines is 1. The van der Waals surface area contributed by atoms with Crippen LogP contribution in [-0.2, 0) is 0 Å².